The number of guanidine groups is 1. The molecule has 0 amide bonds. The second kappa shape index (κ2) is 10.8. The molecule has 1 fully saturated rings. The first kappa shape index (κ1) is 19.1. The Labute approximate surface area is 148 Å². The topological polar surface area (TPSA) is 84.6 Å². The molecule has 0 radical (unpaired) electrons. The van der Waals surface area contributed by atoms with Crippen LogP contribution in [0.3, 0.4) is 0 Å². The molecule has 0 aliphatic heterocycles. The third-order valence-electron chi connectivity index (χ3n) is 3.23. The molecule has 22 heavy (non-hydrogen) atoms. The van der Waals surface area contributed by atoms with Crippen molar-refractivity contribution >= 4 is 29.9 Å². The summed E-state index contributed by atoms with van der Waals surface area (Å²) in [6.07, 6.45) is 4.35. The number of aromatic nitrogens is 2. The summed E-state index contributed by atoms with van der Waals surface area (Å²) in [5.74, 6) is 2.93. The van der Waals surface area contributed by atoms with Crippen LogP contribution in [0.15, 0.2) is 9.52 Å². The van der Waals surface area contributed by atoms with E-state index in [1.165, 1.54) is 12.8 Å². The second-order valence-corrected chi connectivity index (χ2v) is 5.28. The van der Waals surface area contributed by atoms with Crippen molar-refractivity contribution in [3.05, 3.63) is 11.7 Å². The summed E-state index contributed by atoms with van der Waals surface area (Å²) in [7, 11) is 1.76. The van der Waals surface area contributed by atoms with Crippen molar-refractivity contribution in [1.82, 2.24) is 20.8 Å². The van der Waals surface area contributed by atoms with Crippen molar-refractivity contribution < 1.29 is 9.26 Å². The molecular weight excluding hydrogens is 397 g/mol. The Morgan fingerprint density at radius 3 is 2.77 bits per heavy atom. The Hall–Kier alpha value is -0.900. The predicted octanol–water partition coefficient (Wildman–Crippen LogP) is 1.52. The van der Waals surface area contributed by atoms with Gasteiger partial charge in [-0.25, -0.2) is 0 Å². The van der Waals surface area contributed by atoms with E-state index in [0.29, 0.717) is 24.7 Å². The summed E-state index contributed by atoms with van der Waals surface area (Å²) in [6.45, 7) is 5.11. The summed E-state index contributed by atoms with van der Waals surface area (Å²) in [5, 5.41) is 10.2. The van der Waals surface area contributed by atoms with Crippen LogP contribution in [0.2, 0.25) is 0 Å². The normalized spacial score (nSPS) is 14.5. The van der Waals surface area contributed by atoms with E-state index < -0.39 is 0 Å². The van der Waals surface area contributed by atoms with E-state index in [0.717, 1.165) is 38.1 Å². The largest absolute Gasteiger partial charge is 0.381 e. The molecule has 0 spiro atoms. The Balaban J connectivity index is 0.00000242. The van der Waals surface area contributed by atoms with E-state index in [4.69, 9.17) is 9.26 Å². The molecule has 7 nitrogen and oxygen atoms in total. The van der Waals surface area contributed by atoms with Crippen LogP contribution in [-0.4, -0.2) is 49.5 Å². The van der Waals surface area contributed by atoms with Crippen LogP contribution < -0.4 is 10.6 Å². The van der Waals surface area contributed by atoms with E-state index in [1.54, 1.807) is 7.05 Å². The van der Waals surface area contributed by atoms with Crippen LogP contribution in [0.5, 0.6) is 0 Å². The number of halogens is 1. The fraction of sp³-hybridized carbons (Fsp3) is 0.786. The lowest BCUT2D eigenvalue weighted by Gasteiger charge is -2.11. The van der Waals surface area contributed by atoms with Crippen molar-refractivity contribution in [2.45, 2.75) is 32.6 Å². The zero-order valence-corrected chi connectivity index (χ0v) is 15.6. The highest BCUT2D eigenvalue weighted by Gasteiger charge is 2.20. The summed E-state index contributed by atoms with van der Waals surface area (Å²) in [5.41, 5.74) is 0. The van der Waals surface area contributed by atoms with Gasteiger partial charge in [0.2, 0.25) is 5.89 Å². The summed E-state index contributed by atoms with van der Waals surface area (Å²) in [4.78, 5) is 8.32. The van der Waals surface area contributed by atoms with Crippen LogP contribution in [0.1, 0.15) is 31.0 Å². The number of hydrogen-bond donors (Lipinski definition) is 2. The molecular formula is C14H26IN5O2. The van der Waals surface area contributed by atoms with Gasteiger partial charge >= 0.3 is 0 Å². The maximum atomic E-state index is 5.59. The Bertz CT molecular complexity index is 448. The van der Waals surface area contributed by atoms with E-state index in [1.807, 2.05) is 6.92 Å². The number of ether oxygens (including phenoxy) is 1. The predicted molar refractivity (Wildman–Crippen MR) is 95.7 cm³/mol. The SMILES string of the molecule is CN=C(NCCCOCC1CC1)NCCc1nc(C)no1.I. The van der Waals surface area contributed by atoms with Crippen LogP contribution in [-0.2, 0) is 11.2 Å². The third-order valence-corrected chi connectivity index (χ3v) is 3.23. The zero-order valence-electron chi connectivity index (χ0n) is 13.3. The highest BCUT2D eigenvalue weighted by molar-refractivity contribution is 14.0. The molecule has 1 aromatic rings. The van der Waals surface area contributed by atoms with Gasteiger partial charge in [0.1, 0.15) is 0 Å². The lowest BCUT2D eigenvalue weighted by Crippen LogP contribution is -2.39. The van der Waals surface area contributed by atoms with Gasteiger partial charge < -0.3 is 19.9 Å². The van der Waals surface area contributed by atoms with E-state index in [-0.39, 0.29) is 24.0 Å². The molecule has 0 aromatic carbocycles. The van der Waals surface area contributed by atoms with Gasteiger partial charge in [-0.3, -0.25) is 4.99 Å². The van der Waals surface area contributed by atoms with E-state index in [2.05, 4.69) is 25.8 Å². The lowest BCUT2D eigenvalue weighted by molar-refractivity contribution is 0.123. The molecule has 2 N–H and O–H groups in total. The molecule has 2 rings (SSSR count). The van der Waals surface area contributed by atoms with Crippen molar-refractivity contribution in [1.29, 1.82) is 0 Å². The molecule has 0 saturated heterocycles. The van der Waals surface area contributed by atoms with E-state index >= 15 is 0 Å². The van der Waals surface area contributed by atoms with E-state index in [9.17, 15) is 0 Å². The molecule has 1 saturated carbocycles. The molecule has 1 aliphatic rings. The van der Waals surface area contributed by atoms with Gasteiger partial charge in [0, 0.05) is 39.8 Å². The Morgan fingerprint density at radius 2 is 2.14 bits per heavy atom. The van der Waals surface area contributed by atoms with Crippen LogP contribution >= 0.6 is 24.0 Å². The smallest absolute Gasteiger partial charge is 0.228 e. The first-order valence-corrected chi connectivity index (χ1v) is 7.59. The maximum absolute atomic E-state index is 5.59. The van der Waals surface area contributed by atoms with Gasteiger partial charge in [-0.05, 0) is 32.1 Å². The first-order valence-electron chi connectivity index (χ1n) is 7.59. The van der Waals surface area contributed by atoms with Crippen LogP contribution in [0.25, 0.3) is 0 Å². The average Bonchev–Trinajstić information content (AvgIpc) is 3.22. The number of nitrogens with zero attached hydrogens (tertiary/aromatic N) is 3. The maximum Gasteiger partial charge on any atom is 0.228 e. The third kappa shape index (κ3) is 7.92. The highest BCUT2D eigenvalue weighted by atomic mass is 127. The lowest BCUT2D eigenvalue weighted by atomic mass is 10.4. The summed E-state index contributed by atoms with van der Waals surface area (Å²) < 4.78 is 10.6. The molecule has 1 aromatic heterocycles. The summed E-state index contributed by atoms with van der Waals surface area (Å²) in [6, 6.07) is 0. The van der Waals surface area contributed by atoms with Gasteiger partial charge in [0.15, 0.2) is 11.8 Å². The van der Waals surface area contributed by atoms with Crippen molar-refractivity contribution in [2.75, 3.05) is 33.4 Å². The Kier molecular flexibility index (Phi) is 9.37. The fourth-order valence-electron chi connectivity index (χ4n) is 1.87. The van der Waals surface area contributed by atoms with Crippen molar-refractivity contribution in [2.24, 2.45) is 10.9 Å². The minimum atomic E-state index is 0. The van der Waals surface area contributed by atoms with Crippen LogP contribution in [0, 0.1) is 12.8 Å². The van der Waals surface area contributed by atoms with Crippen molar-refractivity contribution in [3.63, 3.8) is 0 Å². The quantitative estimate of drug-likeness (QED) is 0.271. The molecule has 8 heteroatoms. The number of aryl methyl sites for hydroxylation is 1. The minimum Gasteiger partial charge on any atom is -0.381 e. The second-order valence-electron chi connectivity index (χ2n) is 5.28. The molecule has 1 aliphatic carbocycles. The molecule has 0 atom stereocenters. The average molecular weight is 423 g/mol. The van der Waals surface area contributed by atoms with Gasteiger partial charge in [0.05, 0.1) is 0 Å². The molecule has 126 valence electrons. The number of aliphatic imine (C=N–C) groups is 1. The Morgan fingerprint density at radius 1 is 1.36 bits per heavy atom. The monoisotopic (exact) mass is 423 g/mol. The van der Waals surface area contributed by atoms with Gasteiger partial charge in [-0.2, -0.15) is 4.98 Å². The van der Waals surface area contributed by atoms with Crippen LogP contribution in [0.4, 0.5) is 0 Å². The molecule has 1 heterocycles. The fourth-order valence-corrected chi connectivity index (χ4v) is 1.87. The highest BCUT2D eigenvalue weighted by Crippen LogP contribution is 2.28. The van der Waals surface area contributed by atoms with Gasteiger partial charge in [-0.15, -0.1) is 24.0 Å². The number of rotatable bonds is 9. The first-order chi connectivity index (χ1) is 10.3. The van der Waals surface area contributed by atoms with Gasteiger partial charge in [0.25, 0.3) is 0 Å². The molecule has 0 bridgehead atoms. The van der Waals surface area contributed by atoms with Gasteiger partial charge in [-0.1, -0.05) is 5.16 Å². The standard InChI is InChI=1S/C14H25N5O2.HI/c1-11-18-13(21-19-11)6-8-17-14(15-2)16-7-3-9-20-10-12-4-5-12;/h12H,3-10H2,1-2H3,(H2,15,16,17);1H. The number of hydrogen-bond acceptors (Lipinski definition) is 5. The molecule has 0 unspecified atom stereocenters. The van der Waals surface area contributed by atoms with Crippen molar-refractivity contribution in [3.8, 4) is 0 Å². The zero-order chi connectivity index (χ0) is 14.9. The summed E-state index contributed by atoms with van der Waals surface area (Å²) >= 11 is 0. The number of nitrogens with one attached hydrogen (secondary N) is 2. The minimum absolute atomic E-state index is 0.